The highest BCUT2D eigenvalue weighted by Crippen LogP contribution is 2.26. The molecule has 0 fully saturated rings. The number of ether oxygens (including phenoxy) is 1. The second-order valence-electron chi connectivity index (χ2n) is 4.62. The van der Waals surface area contributed by atoms with Gasteiger partial charge in [0, 0.05) is 6.20 Å². The third-order valence-electron chi connectivity index (χ3n) is 2.96. The van der Waals surface area contributed by atoms with E-state index in [1.807, 2.05) is 19.1 Å². The second-order valence-corrected chi connectivity index (χ2v) is 4.62. The van der Waals surface area contributed by atoms with E-state index < -0.39 is 0 Å². The standard InChI is InChI=1S/C16H19FN2O/c1-3-11-20-15-5-4-10-18-16(15)19-12(2)13-6-8-14(17)9-7-13/h4-10,12H,3,11H2,1-2H3,(H,18,19). The molecule has 3 nitrogen and oxygen atoms in total. The van der Waals surface area contributed by atoms with Gasteiger partial charge in [-0.15, -0.1) is 0 Å². The summed E-state index contributed by atoms with van der Waals surface area (Å²) >= 11 is 0. The molecular formula is C16H19FN2O. The maximum atomic E-state index is 12.9. The van der Waals surface area contributed by atoms with Crippen LogP contribution in [-0.4, -0.2) is 11.6 Å². The Balaban J connectivity index is 2.10. The number of hydrogen-bond acceptors (Lipinski definition) is 3. The first-order chi connectivity index (χ1) is 9.70. The van der Waals surface area contributed by atoms with Crippen LogP contribution in [0, 0.1) is 5.82 Å². The van der Waals surface area contributed by atoms with Crippen LogP contribution in [0.3, 0.4) is 0 Å². The lowest BCUT2D eigenvalue weighted by Crippen LogP contribution is -2.09. The summed E-state index contributed by atoms with van der Waals surface area (Å²) in [7, 11) is 0. The van der Waals surface area contributed by atoms with Gasteiger partial charge in [-0.25, -0.2) is 9.37 Å². The molecule has 0 aliphatic rings. The second kappa shape index (κ2) is 6.89. The van der Waals surface area contributed by atoms with Crippen molar-refractivity contribution >= 4 is 5.82 Å². The van der Waals surface area contributed by atoms with Gasteiger partial charge in [-0.3, -0.25) is 0 Å². The Labute approximate surface area is 118 Å². The van der Waals surface area contributed by atoms with E-state index in [0.29, 0.717) is 12.4 Å². The molecule has 20 heavy (non-hydrogen) atoms. The van der Waals surface area contributed by atoms with Gasteiger partial charge in [-0.05, 0) is 43.2 Å². The molecular weight excluding hydrogens is 255 g/mol. The summed E-state index contributed by atoms with van der Waals surface area (Å²) in [6.45, 7) is 4.72. The van der Waals surface area contributed by atoms with Crippen molar-refractivity contribution in [1.82, 2.24) is 4.98 Å². The quantitative estimate of drug-likeness (QED) is 0.858. The van der Waals surface area contributed by atoms with E-state index in [0.717, 1.165) is 17.7 Å². The number of pyridine rings is 1. The Hall–Kier alpha value is -2.10. The highest BCUT2D eigenvalue weighted by Gasteiger charge is 2.10. The third kappa shape index (κ3) is 3.70. The Morgan fingerprint density at radius 1 is 1.25 bits per heavy atom. The topological polar surface area (TPSA) is 34.1 Å². The van der Waals surface area contributed by atoms with Gasteiger partial charge in [-0.1, -0.05) is 19.1 Å². The van der Waals surface area contributed by atoms with Gasteiger partial charge in [-0.2, -0.15) is 0 Å². The Kier molecular flexibility index (Phi) is 4.93. The fourth-order valence-electron chi connectivity index (χ4n) is 1.87. The molecule has 1 unspecified atom stereocenters. The Bertz CT molecular complexity index is 542. The van der Waals surface area contributed by atoms with Gasteiger partial charge >= 0.3 is 0 Å². The van der Waals surface area contributed by atoms with Crippen molar-refractivity contribution < 1.29 is 9.13 Å². The first kappa shape index (κ1) is 14.3. The molecule has 0 radical (unpaired) electrons. The number of nitrogens with zero attached hydrogens (tertiary/aromatic N) is 1. The number of aromatic nitrogens is 1. The van der Waals surface area contributed by atoms with Crippen LogP contribution in [0.5, 0.6) is 5.75 Å². The summed E-state index contributed by atoms with van der Waals surface area (Å²) in [6.07, 6.45) is 2.67. The highest BCUT2D eigenvalue weighted by atomic mass is 19.1. The predicted octanol–water partition coefficient (Wildman–Crippen LogP) is 4.18. The van der Waals surface area contributed by atoms with Crippen molar-refractivity contribution in [1.29, 1.82) is 0 Å². The fraction of sp³-hybridized carbons (Fsp3) is 0.312. The number of rotatable bonds is 6. The van der Waals surface area contributed by atoms with Gasteiger partial charge < -0.3 is 10.1 Å². The number of hydrogen-bond donors (Lipinski definition) is 1. The van der Waals surface area contributed by atoms with E-state index in [1.165, 1.54) is 12.1 Å². The van der Waals surface area contributed by atoms with Crippen LogP contribution in [0.15, 0.2) is 42.6 Å². The minimum Gasteiger partial charge on any atom is -0.490 e. The van der Waals surface area contributed by atoms with E-state index >= 15 is 0 Å². The molecule has 1 aromatic heterocycles. The third-order valence-corrected chi connectivity index (χ3v) is 2.96. The molecule has 0 amide bonds. The fourth-order valence-corrected chi connectivity index (χ4v) is 1.87. The monoisotopic (exact) mass is 274 g/mol. The average Bonchev–Trinajstić information content (AvgIpc) is 2.47. The number of nitrogens with one attached hydrogen (secondary N) is 1. The summed E-state index contributed by atoms with van der Waals surface area (Å²) in [4.78, 5) is 4.30. The zero-order chi connectivity index (χ0) is 14.4. The van der Waals surface area contributed by atoms with Crippen LogP contribution < -0.4 is 10.1 Å². The summed E-state index contributed by atoms with van der Waals surface area (Å²) in [5.41, 5.74) is 0.999. The van der Waals surface area contributed by atoms with Crippen molar-refractivity contribution in [2.75, 3.05) is 11.9 Å². The zero-order valence-electron chi connectivity index (χ0n) is 11.8. The minimum atomic E-state index is -0.231. The van der Waals surface area contributed by atoms with Crippen molar-refractivity contribution in [3.63, 3.8) is 0 Å². The molecule has 106 valence electrons. The molecule has 2 rings (SSSR count). The number of benzene rings is 1. The molecule has 2 aromatic rings. The van der Waals surface area contributed by atoms with Crippen molar-refractivity contribution in [2.24, 2.45) is 0 Å². The molecule has 0 saturated heterocycles. The van der Waals surface area contributed by atoms with E-state index in [1.54, 1.807) is 18.3 Å². The average molecular weight is 274 g/mol. The smallest absolute Gasteiger partial charge is 0.169 e. The predicted molar refractivity (Wildman–Crippen MR) is 78.5 cm³/mol. The lowest BCUT2D eigenvalue weighted by Gasteiger charge is -2.17. The largest absolute Gasteiger partial charge is 0.490 e. The number of anilines is 1. The number of halogens is 1. The Morgan fingerprint density at radius 3 is 2.70 bits per heavy atom. The van der Waals surface area contributed by atoms with E-state index in [-0.39, 0.29) is 11.9 Å². The van der Waals surface area contributed by atoms with Gasteiger partial charge in [0.1, 0.15) is 5.82 Å². The molecule has 0 spiro atoms. The van der Waals surface area contributed by atoms with E-state index in [4.69, 9.17) is 4.74 Å². The van der Waals surface area contributed by atoms with Crippen LogP contribution in [0.1, 0.15) is 31.9 Å². The van der Waals surface area contributed by atoms with E-state index in [9.17, 15) is 4.39 Å². The van der Waals surface area contributed by atoms with Crippen LogP contribution in [-0.2, 0) is 0 Å². The van der Waals surface area contributed by atoms with Crippen molar-refractivity contribution in [3.8, 4) is 5.75 Å². The Morgan fingerprint density at radius 2 is 2.00 bits per heavy atom. The van der Waals surface area contributed by atoms with Crippen LogP contribution in [0.2, 0.25) is 0 Å². The molecule has 0 aliphatic heterocycles. The molecule has 1 heterocycles. The van der Waals surface area contributed by atoms with Gasteiger partial charge in [0.15, 0.2) is 11.6 Å². The highest BCUT2D eigenvalue weighted by molar-refractivity contribution is 5.51. The maximum Gasteiger partial charge on any atom is 0.169 e. The molecule has 1 aromatic carbocycles. The zero-order valence-corrected chi connectivity index (χ0v) is 11.8. The maximum absolute atomic E-state index is 12.9. The lowest BCUT2D eigenvalue weighted by atomic mass is 10.1. The summed E-state index contributed by atoms with van der Waals surface area (Å²) in [5.74, 6) is 1.21. The molecule has 0 aliphatic carbocycles. The van der Waals surface area contributed by atoms with Crippen LogP contribution in [0.25, 0.3) is 0 Å². The van der Waals surface area contributed by atoms with Gasteiger partial charge in [0.05, 0.1) is 12.6 Å². The molecule has 0 bridgehead atoms. The summed E-state index contributed by atoms with van der Waals surface area (Å²) < 4.78 is 18.6. The summed E-state index contributed by atoms with van der Waals surface area (Å²) in [5, 5.41) is 3.30. The molecule has 0 saturated carbocycles. The SMILES string of the molecule is CCCOc1cccnc1NC(C)c1ccc(F)cc1. The van der Waals surface area contributed by atoms with Crippen molar-refractivity contribution in [3.05, 3.63) is 54.0 Å². The van der Waals surface area contributed by atoms with Gasteiger partial charge in [0.2, 0.25) is 0 Å². The van der Waals surface area contributed by atoms with Gasteiger partial charge in [0.25, 0.3) is 0 Å². The molecule has 1 atom stereocenters. The molecule has 1 N–H and O–H groups in total. The summed E-state index contributed by atoms with van der Waals surface area (Å²) in [6, 6.07) is 10.2. The molecule has 4 heteroatoms. The van der Waals surface area contributed by atoms with Crippen LogP contribution >= 0.6 is 0 Å². The normalized spacial score (nSPS) is 11.9. The van der Waals surface area contributed by atoms with E-state index in [2.05, 4.69) is 17.2 Å². The first-order valence-electron chi connectivity index (χ1n) is 6.80. The van der Waals surface area contributed by atoms with Crippen molar-refractivity contribution in [2.45, 2.75) is 26.3 Å². The minimum absolute atomic E-state index is 0.0227. The lowest BCUT2D eigenvalue weighted by molar-refractivity contribution is 0.317. The first-order valence-corrected chi connectivity index (χ1v) is 6.80. The van der Waals surface area contributed by atoms with Crippen LogP contribution in [0.4, 0.5) is 10.2 Å².